The van der Waals surface area contributed by atoms with Crippen molar-refractivity contribution in [3.05, 3.63) is 81.1 Å². The second kappa shape index (κ2) is 7.46. The van der Waals surface area contributed by atoms with Crippen LogP contribution in [0.4, 0.5) is 15.8 Å². The van der Waals surface area contributed by atoms with Crippen molar-refractivity contribution in [3.8, 4) is 0 Å². The topological polar surface area (TPSA) is 119 Å². The van der Waals surface area contributed by atoms with E-state index in [0.717, 1.165) is 17.0 Å². The van der Waals surface area contributed by atoms with Gasteiger partial charge in [0.2, 0.25) is 11.8 Å². The number of nitrogens with zero attached hydrogens (tertiary/aromatic N) is 2. The summed E-state index contributed by atoms with van der Waals surface area (Å²) in [5, 5.41) is 13.6. The number of hydrogen-bond donors (Lipinski definition) is 1. The summed E-state index contributed by atoms with van der Waals surface area (Å²) in [6, 6.07) is 9.11. The van der Waals surface area contributed by atoms with Crippen molar-refractivity contribution in [1.82, 2.24) is 5.32 Å². The predicted octanol–water partition coefficient (Wildman–Crippen LogP) is 2.63. The molecule has 3 heterocycles. The first-order valence-electron chi connectivity index (χ1n) is 9.95. The predicted molar refractivity (Wildman–Crippen MR) is 113 cm³/mol. The van der Waals surface area contributed by atoms with Crippen molar-refractivity contribution in [2.45, 2.75) is 11.7 Å². The van der Waals surface area contributed by atoms with E-state index < -0.39 is 57.7 Å². The maximum absolute atomic E-state index is 14.3. The van der Waals surface area contributed by atoms with E-state index in [1.54, 1.807) is 12.2 Å². The van der Waals surface area contributed by atoms with E-state index in [4.69, 9.17) is 16.3 Å². The van der Waals surface area contributed by atoms with Crippen LogP contribution in [-0.2, 0) is 14.3 Å². The van der Waals surface area contributed by atoms with Crippen LogP contribution in [0, 0.1) is 27.8 Å². The molecular weight excluding hydrogens is 457 g/mol. The Labute approximate surface area is 190 Å². The molecule has 33 heavy (non-hydrogen) atoms. The smallest absolute Gasteiger partial charge is 0.288 e. The van der Waals surface area contributed by atoms with Gasteiger partial charge in [0.1, 0.15) is 16.4 Å². The molecule has 2 aromatic rings. The summed E-state index contributed by atoms with van der Waals surface area (Å²) in [6.45, 7) is -0.166. The average molecular weight is 472 g/mol. The lowest BCUT2D eigenvalue weighted by Crippen LogP contribution is -2.49. The minimum atomic E-state index is -1.30. The number of imide groups is 1. The summed E-state index contributed by atoms with van der Waals surface area (Å²) in [6.07, 6.45) is 2.59. The van der Waals surface area contributed by atoms with Crippen LogP contribution in [0.2, 0.25) is 5.02 Å². The number of nitro groups is 1. The van der Waals surface area contributed by atoms with Crippen molar-refractivity contribution < 1.29 is 28.4 Å². The zero-order valence-corrected chi connectivity index (χ0v) is 17.5. The van der Waals surface area contributed by atoms with Gasteiger partial charge in [-0.25, -0.2) is 9.29 Å². The Balaban J connectivity index is 1.39. The van der Waals surface area contributed by atoms with E-state index in [2.05, 4.69) is 5.32 Å². The second-order valence-corrected chi connectivity index (χ2v) is 8.38. The van der Waals surface area contributed by atoms with Gasteiger partial charge in [-0.15, -0.1) is 0 Å². The number of carbonyl (C=O) groups excluding carboxylic acids is 3. The first kappa shape index (κ1) is 21.2. The van der Waals surface area contributed by atoms with Gasteiger partial charge in [0.25, 0.3) is 11.6 Å². The van der Waals surface area contributed by atoms with E-state index in [1.165, 1.54) is 30.3 Å². The van der Waals surface area contributed by atoms with Gasteiger partial charge in [0, 0.05) is 11.6 Å². The number of anilines is 1. The molecule has 0 radical (unpaired) electrons. The van der Waals surface area contributed by atoms with Crippen LogP contribution in [0.25, 0.3) is 0 Å². The maximum atomic E-state index is 14.3. The molecule has 2 saturated heterocycles. The molecule has 4 atom stereocenters. The van der Waals surface area contributed by atoms with E-state index in [9.17, 15) is 28.9 Å². The number of ether oxygens (including phenoxy) is 1. The van der Waals surface area contributed by atoms with Gasteiger partial charge in [0.15, 0.2) is 0 Å². The zero-order valence-electron chi connectivity index (χ0n) is 16.7. The van der Waals surface area contributed by atoms with Crippen LogP contribution in [-0.4, -0.2) is 40.9 Å². The molecule has 168 valence electrons. The Kier molecular flexibility index (Phi) is 4.80. The Morgan fingerprint density at radius 1 is 1.24 bits per heavy atom. The molecular formula is C22H15ClFN3O6. The SMILES string of the molecule is O=C(NC[C@@]12C=C[C@H](O1)[C@H]1C(=O)N(c3ccccc3F)C(=O)[C@H]12)c1ccc(Cl)c([N+](=O)[O-])c1. The lowest BCUT2D eigenvalue weighted by atomic mass is 9.77. The molecule has 5 rings (SSSR count). The normalized spacial score (nSPS) is 27.2. The summed E-state index contributed by atoms with van der Waals surface area (Å²) in [5.41, 5.74) is -1.85. The number of rotatable bonds is 5. The molecule has 9 nitrogen and oxygen atoms in total. The summed E-state index contributed by atoms with van der Waals surface area (Å²) in [4.78, 5) is 50.2. The standard InChI is InChI=1S/C22H15ClFN3O6/c23-12-6-5-11(9-15(12)27(31)32)19(28)25-10-22-8-7-16(33-22)17-18(22)21(30)26(20(17)29)14-4-2-1-3-13(14)24/h1-9,16-18H,10H2,(H,25,28)/t16-,17+,18-,22+/m0/s1. The van der Waals surface area contributed by atoms with Crippen molar-refractivity contribution in [2.75, 3.05) is 11.4 Å². The number of amides is 3. The molecule has 11 heteroatoms. The number of halogens is 2. The number of nitrogens with one attached hydrogen (secondary N) is 1. The first-order chi connectivity index (χ1) is 15.7. The summed E-state index contributed by atoms with van der Waals surface area (Å²) >= 11 is 5.79. The van der Waals surface area contributed by atoms with Gasteiger partial charge < -0.3 is 10.1 Å². The minimum absolute atomic E-state index is 0.00242. The second-order valence-electron chi connectivity index (χ2n) is 7.97. The lowest BCUT2D eigenvalue weighted by Gasteiger charge is -2.29. The third-order valence-corrected chi connectivity index (χ3v) is 6.50. The van der Waals surface area contributed by atoms with Crippen molar-refractivity contribution in [2.24, 2.45) is 11.8 Å². The monoisotopic (exact) mass is 471 g/mol. The molecule has 0 unspecified atom stereocenters. The zero-order chi connectivity index (χ0) is 23.5. The fraction of sp³-hybridized carbons (Fsp3) is 0.227. The highest BCUT2D eigenvalue weighted by atomic mass is 35.5. The molecule has 0 saturated carbocycles. The number of hydrogen-bond acceptors (Lipinski definition) is 6. The third kappa shape index (κ3) is 3.13. The number of fused-ring (bicyclic) bond motifs is 5. The Morgan fingerprint density at radius 3 is 2.73 bits per heavy atom. The van der Waals surface area contributed by atoms with Gasteiger partial charge in [-0.2, -0.15) is 0 Å². The van der Waals surface area contributed by atoms with Crippen LogP contribution in [0.5, 0.6) is 0 Å². The van der Waals surface area contributed by atoms with Crippen LogP contribution in [0.1, 0.15) is 10.4 Å². The largest absolute Gasteiger partial charge is 0.360 e. The summed E-state index contributed by atoms with van der Waals surface area (Å²) in [7, 11) is 0. The summed E-state index contributed by atoms with van der Waals surface area (Å²) in [5.74, 6) is -4.30. The summed E-state index contributed by atoms with van der Waals surface area (Å²) < 4.78 is 20.3. The van der Waals surface area contributed by atoms with E-state index in [1.807, 2.05) is 0 Å². The number of carbonyl (C=O) groups is 3. The fourth-order valence-corrected chi connectivity index (χ4v) is 4.88. The number of benzene rings is 2. The molecule has 3 aliphatic heterocycles. The number of para-hydroxylation sites is 1. The molecule has 2 aromatic carbocycles. The van der Waals surface area contributed by atoms with Crippen LogP contribution < -0.4 is 10.2 Å². The van der Waals surface area contributed by atoms with Gasteiger partial charge in [0.05, 0.1) is 35.1 Å². The molecule has 1 N–H and O–H groups in total. The van der Waals surface area contributed by atoms with Gasteiger partial charge in [-0.3, -0.25) is 24.5 Å². The quantitative estimate of drug-likeness (QED) is 0.310. The van der Waals surface area contributed by atoms with Gasteiger partial charge in [-0.05, 0) is 24.3 Å². The van der Waals surface area contributed by atoms with Crippen LogP contribution in [0.15, 0.2) is 54.6 Å². The van der Waals surface area contributed by atoms with Crippen molar-refractivity contribution in [3.63, 3.8) is 0 Å². The lowest BCUT2D eigenvalue weighted by molar-refractivity contribution is -0.384. The van der Waals surface area contributed by atoms with E-state index >= 15 is 0 Å². The van der Waals surface area contributed by atoms with Gasteiger partial charge >= 0.3 is 0 Å². The van der Waals surface area contributed by atoms with Crippen molar-refractivity contribution in [1.29, 1.82) is 0 Å². The fourth-order valence-electron chi connectivity index (χ4n) is 4.69. The first-order valence-corrected chi connectivity index (χ1v) is 10.3. The highest BCUT2D eigenvalue weighted by Crippen LogP contribution is 2.52. The third-order valence-electron chi connectivity index (χ3n) is 6.18. The Bertz CT molecular complexity index is 1270. The van der Waals surface area contributed by atoms with Crippen LogP contribution >= 0.6 is 11.6 Å². The minimum Gasteiger partial charge on any atom is -0.360 e. The average Bonchev–Trinajstić information content (AvgIpc) is 3.43. The van der Waals surface area contributed by atoms with Gasteiger partial charge in [-0.1, -0.05) is 35.9 Å². The molecule has 0 spiro atoms. The molecule has 2 fully saturated rings. The Morgan fingerprint density at radius 2 is 2.00 bits per heavy atom. The molecule has 3 aliphatic rings. The van der Waals surface area contributed by atoms with E-state index in [0.29, 0.717) is 0 Å². The van der Waals surface area contributed by atoms with Crippen LogP contribution in [0.3, 0.4) is 0 Å². The highest BCUT2D eigenvalue weighted by molar-refractivity contribution is 6.32. The maximum Gasteiger partial charge on any atom is 0.288 e. The number of nitro benzene ring substituents is 1. The van der Waals surface area contributed by atoms with E-state index in [-0.39, 0.29) is 22.8 Å². The molecule has 2 bridgehead atoms. The molecule has 0 aliphatic carbocycles. The van der Waals surface area contributed by atoms with Crippen molar-refractivity contribution >= 4 is 40.7 Å². The highest BCUT2D eigenvalue weighted by Gasteiger charge is 2.68. The Hall–Kier alpha value is -3.63. The molecule has 0 aromatic heterocycles. The molecule has 3 amide bonds.